The summed E-state index contributed by atoms with van der Waals surface area (Å²) < 4.78 is 5.24. The summed E-state index contributed by atoms with van der Waals surface area (Å²) in [5.41, 5.74) is -0.223. The molecule has 2 N–H and O–H groups in total. The van der Waals surface area contributed by atoms with Crippen LogP contribution in [0.25, 0.3) is 0 Å². The smallest absolute Gasteiger partial charge is 0.244 e. The number of rotatable bonds is 5. The van der Waals surface area contributed by atoms with Gasteiger partial charge >= 0.3 is 0 Å². The second-order valence-corrected chi connectivity index (χ2v) is 4.95. The van der Waals surface area contributed by atoms with Gasteiger partial charge in [0.05, 0.1) is 12.7 Å². The molecule has 0 saturated heterocycles. The molecule has 1 aromatic carbocycles. The molecule has 5 nitrogen and oxygen atoms in total. The number of carbonyl (C=O) groups excluding carboxylic acids is 1. The summed E-state index contributed by atoms with van der Waals surface area (Å²) in [5.74, 6) is 0.412. The number of amides is 1. The molecule has 1 aromatic rings. The zero-order chi connectivity index (χ0) is 14.4. The van der Waals surface area contributed by atoms with Gasteiger partial charge in [-0.2, -0.15) is 5.26 Å². The number of anilines is 1. The number of hydrogen-bond donors (Lipinski definition) is 2. The fraction of sp³-hybridized carbons (Fsp3) is 0.467. The third-order valence-corrected chi connectivity index (χ3v) is 3.58. The van der Waals surface area contributed by atoms with Crippen molar-refractivity contribution < 1.29 is 14.6 Å². The minimum absolute atomic E-state index is 0.0385. The van der Waals surface area contributed by atoms with Crippen LogP contribution in [0.4, 0.5) is 5.69 Å². The number of carbonyl (C=O) groups is 1. The molecular formula is C15H18N2O3. The molecule has 106 valence electrons. The maximum atomic E-state index is 12.2. The standard InChI is InChI=1S/C15H18N2O3/c16-11-15(7-1-2-8-15)14(19)17-12-3-5-13(6-4-12)20-10-9-18/h3-6,18H,1-2,7-10H2,(H,17,19). The van der Waals surface area contributed by atoms with Crippen LogP contribution >= 0.6 is 0 Å². The van der Waals surface area contributed by atoms with Crippen molar-refractivity contribution in [2.45, 2.75) is 25.7 Å². The van der Waals surface area contributed by atoms with E-state index < -0.39 is 5.41 Å². The van der Waals surface area contributed by atoms with E-state index in [-0.39, 0.29) is 19.1 Å². The molecule has 1 aliphatic rings. The van der Waals surface area contributed by atoms with E-state index in [0.29, 0.717) is 24.3 Å². The molecule has 1 aliphatic carbocycles. The Morgan fingerprint density at radius 2 is 2.00 bits per heavy atom. The Bertz CT molecular complexity index is 499. The number of aliphatic hydroxyl groups is 1. The van der Waals surface area contributed by atoms with Crippen LogP contribution in [0.1, 0.15) is 25.7 Å². The van der Waals surface area contributed by atoms with Crippen LogP contribution in [-0.4, -0.2) is 24.2 Å². The predicted molar refractivity (Wildman–Crippen MR) is 74.2 cm³/mol. The van der Waals surface area contributed by atoms with E-state index in [4.69, 9.17) is 9.84 Å². The zero-order valence-corrected chi connectivity index (χ0v) is 11.3. The van der Waals surface area contributed by atoms with E-state index in [0.717, 1.165) is 12.8 Å². The second-order valence-electron chi connectivity index (χ2n) is 4.95. The number of benzene rings is 1. The summed E-state index contributed by atoms with van der Waals surface area (Å²) in [5, 5.41) is 20.7. The van der Waals surface area contributed by atoms with Crippen LogP contribution in [0.15, 0.2) is 24.3 Å². The molecule has 0 unspecified atom stereocenters. The maximum absolute atomic E-state index is 12.2. The molecule has 0 radical (unpaired) electrons. The lowest BCUT2D eigenvalue weighted by molar-refractivity contribution is -0.122. The van der Waals surface area contributed by atoms with Gasteiger partial charge in [-0.15, -0.1) is 0 Å². The van der Waals surface area contributed by atoms with Crippen LogP contribution in [0.3, 0.4) is 0 Å². The molecule has 1 saturated carbocycles. The van der Waals surface area contributed by atoms with Crippen LogP contribution in [-0.2, 0) is 4.79 Å². The normalized spacial score (nSPS) is 16.4. The molecule has 1 amide bonds. The number of ether oxygens (including phenoxy) is 1. The summed E-state index contributed by atoms with van der Waals surface area (Å²) in [6.07, 6.45) is 3.11. The quantitative estimate of drug-likeness (QED) is 0.861. The first-order chi connectivity index (χ1) is 9.70. The minimum atomic E-state index is -0.869. The average Bonchev–Trinajstić information content (AvgIpc) is 2.97. The highest BCUT2D eigenvalue weighted by atomic mass is 16.5. The highest BCUT2D eigenvalue weighted by Crippen LogP contribution is 2.38. The molecular weight excluding hydrogens is 256 g/mol. The van der Waals surface area contributed by atoms with Crippen LogP contribution in [0.5, 0.6) is 5.75 Å². The highest BCUT2D eigenvalue weighted by Gasteiger charge is 2.41. The number of nitrogens with one attached hydrogen (secondary N) is 1. The van der Waals surface area contributed by atoms with Gasteiger partial charge in [-0.25, -0.2) is 0 Å². The van der Waals surface area contributed by atoms with E-state index in [1.165, 1.54) is 0 Å². The predicted octanol–water partition coefficient (Wildman–Crippen LogP) is 2.08. The SMILES string of the molecule is N#CC1(C(=O)Nc2ccc(OCCO)cc2)CCCC1. The first kappa shape index (κ1) is 14.4. The van der Waals surface area contributed by atoms with Gasteiger partial charge in [-0.05, 0) is 37.1 Å². The Kier molecular flexibility index (Phi) is 4.59. The number of nitrogens with zero attached hydrogens (tertiary/aromatic N) is 1. The van der Waals surface area contributed by atoms with Gasteiger partial charge in [0.25, 0.3) is 0 Å². The monoisotopic (exact) mass is 274 g/mol. The molecule has 0 aromatic heterocycles. The Hall–Kier alpha value is -2.06. The topological polar surface area (TPSA) is 82.4 Å². The van der Waals surface area contributed by atoms with E-state index in [1.54, 1.807) is 24.3 Å². The van der Waals surface area contributed by atoms with Crippen LogP contribution < -0.4 is 10.1 Å². The summed E-state index contributed by atoms with van der Waals surface area (Å²) >= 11 is 0. The van der Waals surface area contributed by atoms with Crippen LogP contribution in [0, 0.1) is 16.7 Å². The van der Waals surface area contributed by atoms with Crippen molar-refractivity contribution in [3.8, 4) is 11.8 Å². The maximum Gasteiger partial charge on any atom is 0.244 e. The van der Waals surface area contributed by atoms with Crippen molar-refractivity contribution in [3.63, 3.8) is 0 Å². The van der Waals surface area contributed by atoms with Crippen LogP contribution in [0.2, 0.25) is 0 Å². The minimum Gasteiger partial charge on any atom is -0.491 e. The van der Waals surface area contributed by atoms with Gasteiger partial charge in [0, 0.05) is 5.69 Å². The lowest BCUT2D eigenvalue weighted by Gasteiger charge is -2.19. The first-order valence-corrected chi connectivity index (χ1v) is 6.77. The van der Waals surface area contributed by atoms with Crippen molar-refractivity contribution in [1.29, 1.82) is 5.26 Å². The lowest BCUT2D eigenvalue weighted by atomic mass is 9.87. The average molecular weight is 274 g/mol. The van der Waals surface area contributed by atoms with Crippen molar-refractivity contribution in [1.82, 2.24) is 0 Å². The second kappa shape index (κ2) is 6.40. The highest BCUT2D eigenvalue weighted by molar-refractivity contribution is 5.97. The molecule has 1 fully saturated rings. The first-order valence-electron chi connectivity index (χ1n) is 6.77. The third-order valence-electron chi connectivity index (χ3n) is 3.58. The van der Waals surface area contributed by atoms with E-state index in [1.807, 2.05) is 0 Å². The summed E-state index contributed by atoms with van der Waals surface area (Å²) in [6.45, 7) is 0.201. The van der Waals surface area contributed by atoms with Crippen molar-refractivity contribution in [3.05, 3.63) is 24.3 Å². The Labute approximate surface area is 118 Å². The van der Waals surface area contributed by atoms with E-state index in [9.17, 15) is 10.1 Å². The van der Waals surface area contributed by atoms with Gasteiger partial charge in [-0.1, -0.05) is 12.8 Å². The molecule has 5 heteroatoms. The summed E-state index contributed by atoms with van der Waals surface area (Å²) in [7, 11) is 0. The number of nitriles is 1. The van der Waals surface area contributed by atoms with Crippen molar-refractivity contribution in [2.24, 2.45) is 5.41 Å². The zero-order valence-electron chi connectivity index (χ0n) is 11.3. The van der Waals surface area contributed by atoms with E-state index >= 15 is 0 Å². The van der Waals surface area contributed by atoms with Gasteiger partial charge in [0.15, 0.2) is 0 Å². The van der Waals surface area contributed by atoms with Gasteiger partial charge in [-0.3, -0.25) is 4.79 Å². The summed E-state index contributed by atoms with van der Waals surface area (Å²) in [4.78, 5) is 12.2. The molecule has 0 atom stereocenters. The fourth-order valence-corrected chi connectivity index (χ4v) is 2.42. The van der Waals surface area contributed by atoms with Gasteiger partial charge in [0.2, 0.25) is 5.91 Å². The molecule has 20 heavy (non-hydrogen) atoms. The Balaban J connectivity index is 1.99. The third kappa shape index (κ3) is 3.09. The Morgan fingerprint density at radius 3 is 2.55 bits per heavy atom. The van der Waals surface area contributed by atoms with Gasteiger partial charge < -0.3 is 15.2 Å². The molecule has 0 aliphatic heterocycles. The van der Waals surface area contributed by atoms with Crippen molar-refractivity contribution >= 4 is 11.6 Å². The molecule has 0 bridgehead atoms. The summed E-state index contributed by atoms with van der Waals surface area (Å²) in [6, 6.07) is 9.07. The molecule has 2 rings (SSSR count). The van der Waals surface area contributed by atoms with E-state index in [2.05, 4.69) is 11.4 Å². The molecule has 0 heterocycles. The van der Waals surface area contributed by atoms with Gasteiger partial charge in [0.1, 0.15) is 17.8 Å². The fourth-order valence-electron chi connectivity index (χ4n) is 2.42. The Morgan fingerprint density at radius 1 is 1.35 bits per heavy atom. The lowest BCUT2D eigenvalue weighted by Crippen LogP contribution is -2.32. The number of aliphatic hydroxyl groups excluding tert-OH is 1. The molecule has 0 spiro atoms. The van der Waals surface area contributed by atoms with Crippen molar-refractivity contribution in [2.75, 3.05) is 18.5 Å². The largest absolute Gasteiger partial charge is 0.491 e. The number of hydrogen-bond acceptors (Lipinski definition) is 4.